The molecule has 0 saturated carbocycles. The van der Waals surface area contributed by atoms with Gasteiger partial charge in [0.2, 0.25) is 0 Å². The fourth-order valence-electron chi connectivity index (χ4n) is 3.76. The lowest BCUT2D eigenvalue weighted by Gasteiger charge is -2.03. The number of fused-ring (bicyclic) bond motifs is 2. The number of H-pyrrole nitrogens is 2. The van der Waals surface area contributed by atoms with Gasteiger partial charge in [0.1, 0.15) is 11.5 Å². The smallest absolute Gasteiger partial charge is 0.178 e. The fourth-order valence-corrected chi connectivity index (χ4v) is 3.76. The number of nitrogens with one attached hydrogen (secondary N) is 2. The predicted octanol–water partition coefficient (Wildman–Crippen LogP) is 4.76. The number of imidazole rings is 1. The van der Waals surface area contributed by atoms with E-state index in [1.54, 1.807) is 43.1 Å². The number of nitrogens with zero attached hydrogens (tertiary/aromatic N) is 5. The molecule has 2 N–H and O–H groups in total. The van der Waals surface area contributed by atoms with Gasteiger partial charge in [-0.3, -0.25) is 15.1 Å². The molecule has 31 heavy (non-hydrogen) atoms. The molecule has 5 aromatic heterocycles. The molecule has 5 heterocycles. The minimum Gasteiger partial charge on any atom is -0.335 e. The number of hydrogen-bond acceptors (Lipinski definition) is 5. The van der Waals surface area contributed by atoms with E-state index >= 15 is 0 Å². The van der Waals surface area contributed by atoms with Crippen molar-refractivity contribution in [1.82, 2.24) is 35.1 Å². The summed E-state index contributed by atoms with van der Waals surface area (Å²) >= 11 is 0. The highest BCUT2D eigenvalue weighted by atomic mass is 19.1. The molecule has 6 aromatic rings. The standard InChI is InChI=1S/C23H14FN7/c24-18-11-19-17(10-16(18)14-2-1-6-26-12-14)21(31-30-19)23-28-20-15(5-9-27-22(20)29-23)13-3-7-25-8-4-13/h1-12H,(H,30,31)(H,27,28,29). The van der Waals surface area contributed by atoms with Gasteiger partial charge in [-0.2, -0.15) is 5.10 Å². The number of hydrogen-bond donors (Lipinski definition) is 2. The first-order chi connectivity index (χ1) is 15.3. The van der Waals surface area contributed by atoms with Crippen molar-refractivity contribution in [2.24, 2.45) is 0 Å². The Kier molecular flexibility index (Phi) is 3.82. The van der Waals surface area contributed by atoms with E-state index in [0.717, 1.165) is 22.0 Å². The van der Waals surface area contributed by atoms with E-state index in [0.29, 0.717) is 33.8 Å². The summed E-state index contributed by atoms with van der Waals surface area (Å²) < 4.78 is 14.7. The van der Waals surface area contributed by atoms with E-state index in [2.05, 4.69) is 35.1 Å². The summed E-state index contributed by atoms with van der Waals surface area (Å²) in [4.78, 5) is 20.6. The topological polar surface area (TPSA) is 96.0 Å². The van der Waals surface area contributed by atoms with Crippen molar-refractivity contribution in [3.8, 4) is 33.8 Å². The number of rotatable bonds is 3. The molecule has 0 unspecified atom stereocenters. The Morgan fingerprint density at radius 3 is 2.58 bits per heavy atom. The molecule has 8 heteroatoms. The second kappa shape index (κ2) is 6.81. The summed E-state index contributed by atoms with van der Waals surface area (Å²) in [5.74, 6) is 0.209. The predicted molar refractivity (Wildman–Crippen MR) is 115 cm³/mol. The highest BCUT2D eigenvalue weighted by molar-refractivity contribution is 5.97. The van der Waals surface area contributed by atoms with Crippen LogP contribution in [0.3, 0.4) is 0 Å². The molecule has 0 aliphatic rings. The minimum atomic E-state index is -0.345. The third kappa shape index (κ3) is 2.84. The molecule has 0 bridgehead atoms. The molecule has 0 aliphatic heterocycles. The molecule has 6 rings (SSSR count). The minimum absolute atomic E-state index is 0.345. The van der Waals surface area contributed by atoms with Gasteiger partial charge in [0.25, 0.3) is 0 Å². The number of halogens is 1. The lowest BCUT2D eigenvalue weighted by atomic mass is 10.0. The molecule has 0 saturated heterocycles. The SMILES string of the molecule is Fc1cc2[nH]nc(-c3nc4nccc(-c5ccncc5)c4[nH]3)c2cc1-c1cccnc1. The van der Waals surface area contributed by atoms with Crippen LogP contribution in [0.1, 0.15) is 0 Å². The zero-order valence-corrected chi connectivity index (χ0v) is 16.0. The number of aromatic nitrogens is 7. The van der Waals surface area contributed by atoms with Crippen molar-refractivity contribution in [1.29, 1.82) is 0 Å². The first-order valence-corrected chi connectivity index (χ1v) is 9.61. The molecule has 0 aliphatic carbocycles. The number of pyridine rings is 3. The highest BCUT2D eigenvalue weighted by Gasteiger charge is 2.18. The van der Waals surface area contributed by atoms with Crippen LogP contribution in [0.4, 0.5) is 4.39 Å². The largest absolute Gasteiger partial charge is 0.335 e. The molecule has 0 radical (unpaired) electrons. The first-order valence-electron chi connectivity index (χ1n) is 9.61. The van der Waals surface area contributed by atoms with Crippen LogP contribution in [0, 0.1) is 5.82 Å². The van der Waals surface area contributed by atoms with Gasteiger partial charge in [0.05, 0.1) is 11.0 Å². The van der Waals surface area contributed by atoms with Crippen molar-refractivity contribution in [2.45, 2.75) is 0 Å². The van der Waals surface area contributed by atoms with Crippen LogP contribution >= 0.6 is 0 Å². The normalized spacial score (nSPS) is 11.4. The highest BCUT2D eigenvalue weighted by Crippen LogP contribution is 2.33. The monoisotopic (exact) mass is 407 g/mol. The van der Waals surface area contributed by atoms with Gasteiger partial charge in [-0.25, -0.2) is 14.4 Å². The van der Waals surface area contributed by atoms with E-state index in [1.807, 2.05) is 24.3 Å². The van der Waals surface area contributed by atoms with Crippen LogP contribution in [0.15, 0.2) is 73.4 Å². The zero-order valence-electron chi connectivity index (χ0n) is 16.0. The Hall–Kier alpha value is -4.46. The molecule has 0 fully saturated rings. The van der Waals surface area contributed by atoms with Crippen LogP contribution in [-0.4, -0.2) is 35.1 Å². The maximum atomic E-state index is 14.7. The summed E-state index contributed by atoms with van der Waals surface area (Å²) in [6.45, 7) is 0. The van der Waals surface area contributed by atoms with E-state index < -0.39 is 0 Å². The average Bonchev–Trinajstić information content (AvgIpc) is 3.43. The molecule has 7 nitrogen and oxygen atoms in total. The average molecular weight is 407 g/mol. The van der Waals surface area contributed by atoms with Crippen LogP contribution in [0.5, 0.6) is 0 Å². The van der Waals surface area contributed by atoms with Gasteiger partial charge in [-0.05, 0) is 35.9 Å². The third-order valence-corrected chi connectivity index (χ3v) is 5.23. The summed E-state index contributed by atoms with van der Waals surface area (Å²) in [6.07, 6.45) is 8.51. The Balaban J connectivity index is 1.54. The van der Waals surface area contributed by atoms with Gasteiger partial charge in [0, 0.05) is 59.1 Å². The maximum absolute atomic E-state index is 14.7. The zero-order chi connectivity index (χ0) is 20.8. The second-order valence-electron chi connectivity index (χ2n) is 7.07. The van der Waals surface area contributed by atoms with Crippen LogP contribution < -0.4 is 0 Å². The molecule has 148 valence electrons. The fraction of sp³-hybridized carbons (Fsp3) is 0. The van der Waals surface area contributed by atoms with E-state index in [4.69, 9.17) is 0 Å². The van der Waals surface area contributed by atoms with Crippen molar-refractivity contribution in [3.05, 3.63) is 79.3 Å². The first kappa shape index (κ1) is 17.4. The van der Waals surface area contributed by atoms with Gasteiger partial charge in [-0.1, -0.05) is 6.07 Å². The Labute approximate surface area is 175 Å². The molecule has 0 atom stereocenters. The molecular weight excluding hydrogens is 393 g/mol. The maximum Gasteiger partial charge on any atom is 0.178 e. The molecule has 1 aromatic carbocycles. The van der Waals surface area contributed by atoms with E-state index in [1.165, 1.54) is 6.07 Å². The lowest BCUT2D eigenvalue weighted by Crippen LogP contribution is -1.87. The van der Waals surface area contributed by atoms with Crippen molar-refractivity contribution in [2.75, 3.05) is 0 Å². The van der Waals surface area contributed by atoms with Crippen LogP contribution in [0.2, 0.25) is 0 Å². The van der Waals surface area contributed by atoms with Gasteiger partial charge < -0.3 is 4.98 Å². The van der Waals surface area contributed by atoms with Crippen molar-refractivity contribution >= 4 is 22.1 Å². The van der Waals surface area contributed by atoms with Crippen LogP contribution in [-0.2, 0) is 0 Å². The molecule has 0 spiro atoms. The van der Waals surface area contributed by atoms with Gasteiger partial charge >= 0.3 is 0 Å². The van der Waals surface area contributed by atoms with Gasteiger partial charge in [-0.15, -0.1) is 0 Å². The Bertz CT molecular complexity index is 1540. The number of benzene rings is 1. The van der Waals surface area contributed by atoms with E-state index in [9.17, 15) is 4.39 Å². The van der Waals surface area contributed by atoms with Crippen molar-refractivity contribution in [3.63, 3.8) is 0 Å². The van der Waals surface area contributed by atoms with Crippen LogP contribution in [0.25, 0.3) is 55.8 Å². The lowest BCUT2D eigenvalue weighted by molar-refractivity contribution is 0.632. The number of aromatic amines is 2. The van der Waals surface area contributed by atoms with Crippen molar-refractivity contribution < 1.29 is 4.39 Å². The summed E-state index contributed by atoms with van der Waals surface area (Å²) in [6, 6.07) is 12.6. The van der Waals surface area contributed by atoms with E-state index in [-0.39, 0.29) is 5.82 Å². The third-order valence-electron chi connectivity index (χ3n) is 5.23. The second-order valence-corrected chi connectivity index (χ2v) is 7.07. The summed E-state index contributed by atoms with van der Waals surface area (Å²) in [5.41, 5.74) is 5.68. The molecule has 0 amide bonds. The quantitative estimate of drug-likeness (QED) is 0.441. The molecular formula is C23H14FN7. The Morgan fingerprint density at radius 1 is 0.839 bits per heavy atom. The summed E-state index contributed by atoms with van der Waals surface area (Å²) in [7, 11) is 0. The Morgan fingerprint density at radius 2 is 1.74 bits per heavy atom. The summed E-state index contributed by atoms with van der Waals surface area (Å²) in [5, 5.41) is 8.06. The van der Waals surface area contributed by atoms with Gasteiger partial charge in [0.15, 0.2) is 11.5 Å².